The lowest BCUT2D eigenvalue weighted by Crippen LogP contribution is -2.50. The van der Waals surface area contributed by atoms with Gasteiger partial charge in [-0.3, -0.25) is 9.59 Å². The predicted octanol–water partition coefficient (Wildman–Crippen LogP) is 1.15. The molecule has 0 unspecified atom stereocenters. The molecule has 7 heteroatoms. The number of rotatable bonds is 9. The zero-order valence-corrected chi connectivity index (χ0v) is 14.9. The Labute approximate surface area is 147 Å². The third-order valence-corrected chi connectivity index (χ3v) is 3.70. The SMILES string of the molecule is COC(=O)[C@@H](CCC(=O)OCc1ccccc1)NC(=O)[C@@H](N)C(C)C. The Morgan fingerprint density at radius 2 is 1.80 bits per heavy atom. The normalized spacial score (nSPS) is 13.0. The van der Waals surface area contributed by atoms with Gasteiger partial charge in [0, 0.05) is 6.42 Å². The summed E-state index contributed by atoms with van der Waals surface area (Å²) >= 11 is 0. The van der Waals surface area contributed by atoms with E-state index in [1.165, 1.54) is 7.11 Å². The molecule has 1 rings (SSSR count). The van der Waals surface area contributed by atoms with Gasteiger partial charge in [0.25, 0.3) is 0 Å². The summed E-state index contributed by atoms with van der Waals surface area (Å²) in [6.07, 6.45) is 0.0562. The first-order valence-electron chi connectivity index (χ1n) is 8.18. The topological polar surface area (TPSA) is 108 Å². The van der Waals surface area contributed by atoms with Crippen LogP contribution in [0.25, 0.3) is 0 Å². The van der Waals surface area contributed by atoms with E-state index in [2.05, 4.69) is 10.1 Å². The first-order valence-corrected chi connectivity index (χ1v) is 8.18. The van der Waals surface area contributed by atoms with Gasteiger partial charge in [0.15, 0.2) is 0 Å². The highest BCUT2D eigenvalue weighted by molar-refractivity contribution is 5.87. The Bertz CT molecular complexity index is 574. The first-order chi connectivity index (χ1) is 11.8. The molecule has 7 nitrogen and oxygen atoms in total. The molecule has 3 N–H and O–H groups in total. The quantitative estimate of drug-likeness (QED) is 0.647. The molecule has 0 heterocycles. The monoisotopic (exact) mass is 350 g/mol. The van der Waals surface area contributed by atoms with E-state index >= 15 is 0 Å². The number of carbonyl (C=O) groups excluding carboxylic acids is 3. The number of nitrogens with two attached hydrogens (primary N) is 1. The van der Waals surface area contributed by atoms with E-state index in [0.717, 1.165) is 5.56 Å². The summed E-state index contributed by atoms with van der Waals surface area (Å²) < 4.78 is 9.82. The number of hydrogen-bond donors (Lipinski definition) is 2. The van der Waals surface area contributed by atoms with E-state index in [0.29, 0.717) is 0 Å². The molecule has 0 aromatic heterocycles. The van der Waals surface area contributed by atoms with Gasteiger partial charge in [-0.25, -0.2) is 4.79 Å². The van der Waals surface area contributed by atoms with Crippen LogP contribution >= 0.6 is 0 Å². The lowest BCUT2D eigenvalue weighted by Gasteiger charge is -2.20. The van der Waals surface area contributed by atoms with Crippen LogP contribution in [-0.2, 0) is 30.5 Å². The van der Waals surface area contributed by atoms with Crippen molar-refractivity contribution in [2.45, 2.75) is 45.4 Å². The third kappa shape index (κ3) is 7.34. The molecule has 0 saturated carbocycles. The summed E-state index contributed by atoms with van der Waals surface area (Å²) in [5.41, 5.74) is 6.63. The number of amides is 1. The Morgan fingerprint density at radius 3 is 2.36 bits per heavy atom. The fraction of sp³-hybridized carbons (Fsp3) is 0.500. The van der Waals surface area contributed by atoms with Crippen molar-refractivity contribution >= 4 is 17.8 Å². The van der Waals surface area contributed by atoms with Crippen molar-refractivity contribution in [1.29, 1.82) is 0 Å². The zero-order valence-electron chi connectivity index (χ0n) is 14.9. The maximum Gasteiger partial charge on any atom is 0.328 e. The summed E-state index contributed by atoms with van der Waals surface area (Å²) in [5.74, 6) is -1.61. The Balaban J connectivity index is 2.50. The van der Waals surface area contributed by atoms with Gasteiger partial charge in [-0.2, -0.15) is 0 Å². The maximum absolute atomic E-state index is 12.0. The number of hydrogen-bond acceptors (Lipinski definition) is 6. The van der Waals surface area contributed by atoms with E-state index in [1.807, 2.05) is 30.3 Å². The van der Waals surface area contributed by atoms with Crippen molar-refractivity contribution in [1.82, 2.24) is 5.32 Å². The summed E-state index contributed by atoms with van der Waals surface area (Å²) in [6.45, 7) is 3.77. The van der Waals surface area contributed by atoms with Gasteiger partial charge in [-0.1, -0.05) is 44.2 Å². The lowest BCUT2D eigenvalue weighted by molar-refractivity contribution is -0.148. The standard InChI is InChI=1S/C18H26N2O5/c1-12(2)16(19)17(22)20-14(18(23)24-3)9-10-15(21)25-11-13-7-5-4-6-8-13/h4-8,12,14,16H,9-11,19H2,1-3H3,(H,20,22)/t14-,16+/m1/s1. The van der Waals surface area contributed by atoms with Crippen molar-refractivity contribution in [3.05, 3.63) is 35.9 Å². The van der Waals surface area contributed by atoms with Gasteiger partial charge >= 0.3 is 11.9 Å². The molecule has 0 aliphatic rings. The number of carbonyl (C=O) groups is 3. The molecular formula is C18H26N2O5. The highest BCUT2D eigenvalue weighted by Crippen LogP contribution is 2.07. The molecule has 1 amide bonds. The van der Waals surface area contributed by atoms with E-state index in [9.17, 15) is 14.4 Å². The zero-order chi connectivity index (χ0) is 18.8. The number of nitrogens with one attached hydrogen (secondary N) is 1. The molecule has 0 saturated heterocycles. The van der Waals surface area contributed by atoms with E-state index in [-0.39, 0.29) is 25.4 Å². The van der Waals surface area contributed by atoms with Crippen molar-refractivity contribution in [2.24, 2.45) is 11.7 Å². The summed E-state index contributed by atoms with van der Waals surface area (Å²) in [7, 11) is 1.22. The van der Waals surface area contributed by atoms with Crippen LogP contribution in [0, 0.1) is 5.92 Å². The molecule has 0 spiro atoms. The summed E-state index contributed by atoms with van der Waals surface area (Å²) in [5, 5.41) is 2.53. The van der Waals surface area contributed by atoms with Gasteiger partial charge in [0.1, 0.15) is 12.6 Å². The van der Waals surface area contributed by atoms with Crippen LogP contribution < -0.4 is 11.1 Å². The average Bonchev–Trinajstić information content (AvgIpc) is 2.62. The third-order valence-electron chi connectivity index (χ3n) is 3.70. The van der Waals surface area contributed by atoms with Crippen LogP contribution in [0.3, 0.4) is 0 Å². The minimum absolute atomic E-state index is 0.0240. The second-order valence-electron chi connectivity index (χ2n) is 6.04. The smallest absolute Gasteiger partial charge is 0.328 e. The molecule has 1 aromatic carbocycles. The molecule has 25 heavy (non-hydrogen) atoms. The second-order valence-corrected chi connectivity index (χ2v) is 6.04. The fourth-order valence-electron chi connectivity index (χ4n) is 2.03. The molecule has 0 bridgehead atoms. The summed E-state index contributed by atoms with van der Waals surface area (Å²) in [6, 6.07) is 7.59. The van der Waals surface area contributed by atoms with Gasteiger partial charge in [-0.05, 0) is 17.9 Å². The van der Waals surface area contributed by atoms with Crippen molar-refractivity contribution in [3.63, 3.8) is 0 Å². The highest BCUT2D eigenvalue weighted by atomic mass is 16.5. The van der Waals surface area contributed by atoms with Crippen molar-refractivity contribution in [3.8, 4) is 0 Å². The van der Waals surface area contributed by atoms with E-state index in [1.54, 1.807) is 13.8 Å². The molecule has 2 atom stereocenters. The first kappa shape index (κ1) is 20.6. The van der Waals surface area contributed by atoms with E-state index < -0.39 is 29.9 Å². The van der Waals surface area contributed by atoms with Gasteiger partial charge < -0.3 is 20.5 Å². The maximum atomic E-state index is 12.0. The highest BCUT2D eigenvalue weighted by Gasteiger charge is 2.26. The van der Waals surface area contributed by atoms with Crippen LogP contribution in [-0.4, -0.2) is 37.0 Å². The molecule has 0 fully saturated rings. The molecule has 1 aromatic rings. The van der Waals surface area contributed by atoms with Gasteiger partial charge in [0.05, 0.1) is 13.2 Å². The Kier molecular flexibility index (Phi) is 8.63. The van der Waals surface area contributed by atoms with Gasteiger partial charge in [-0.15, -0.1) is 0 Å². The summed E-state index contributed by atoms with van der Waals surface area (Å²) in [4.78, 5) is 35.7. The fourth-order valence-corrected chi connectivity index (χ4v) is 2.03. The second kappa shape index (κ2) is 10.5. The van der Waals surface area contributed by atoms with Crippen LogP contribution in [0.1, 0.15) is 32.3 Å². The van der Waals surface area contributed by atoms with Crippen LogP contribution in [0.2, 0.25) is 0 Å². The largest absolute Gasteiger partial charge is 0.467 e. The number of ether oxygens (including phenoxy) is 2. The number of methoxy groups -OCH3 is 1. The van der Waals surface area contributed by atoms with Crippen molar-refractivity contribution < 1.29 is 23.9 Å². The predicted molar refractivity (Wildman–Crippen MR) is 92.2 cm³/mol. The van der Waals surface area contributed by atoms with Crippen LogP contribution in [0.5, 0.6) is 0 Å². The Morgan fingerprint density at radius 1 is 1.16 bits per heavy atom. The average molecular weight is 350 g/mol. The molecule has 138 valence electrons. The number of benzene rings is 1. The number of esters is 2. The van der Waals surface area contributed by atoms with Gasteiger partial charge in [0.2, 0.25) is 5.91 Å². The lowest BCUT2D eigenvalue weighted by atomic mass is 10.0. The van der Waals surface area contributed by atoms with E-state index in [4.69, 9.17) is 10.5 Å². The van der Waals surface area contributed by atoms with Crippen LogP contribution in [0.4, 0.5) is 0 Å². The minimum atomic E-state index is -0.938. The molecule has 0 aliphatic heterocycles. The molecular weight excluding hydrogens is 324 g/mol. The van der Waals surface area contributed by atoms with Crippen molar-refractivity contribution in [2.75, 3.05) is 7.11 Å². The Hall–Kier alpha value is -2.41. The molecule has 0 aliphatic carbocycles. The minimum Gasteiger partial charge on any atom is -0.467 e. The molecule has 0 radical (unpaired) electrons. The van der Waals surface area contributed by atoms with Crippen LogP contribution in [0.15, 0.2) is 30.3 Å².